The maximum atomic E-state index is 13.1. The Morgan fingerprint density at radius 2 is 0.366 bits per heavy atom. The number of nitrogens with two attached hydrogens (primary N) is 4. The van der Waals surface area contributed by atoms with E-state index in [0.717, 1.165) is 66.8 Å². The topological polar surface area (TPSA) is 326 Å². The zero-order valence-electron chi connectivity index (χ0n) is 63.5. The summed E-state index contributed by atoms with van der Waals surface area (Å²) in [7, 11) is -8.66. The van der Waals surface area contributed by atoms with Crippen molar-refractivity contribution in [3.63, 3.8) is 0 Å². The van der Waals surface area contributed by atoms with E-state index in [9.17, 15) is 33.7 Å². The van der Waals surface area contributed by atoms with Gasteiger partial charge in [-0.2, -0.15) is 0 Å². The molecule has 0 aliphatic carbocycles. The first-order valence-corrected chi connectivity index (χ1v) is 41.7. The monoisotopic (exact) mass is 1580 g/mol. The van der Waals surface area contributed by atoms with E-state index in [0.29, 0.717) is 23.0 Å². The molecule has 584 valence electrons. The second-order valence-corrected chi connectivity index (χ2v) is 33.3. The molecule has 8 atom stereocenters. The van der Waals surface area contributed by atoms with Gasteiger partial charge in [0.2, 0.25) is 40.1 Å². The van der Waals surface area contributed by atoms with Crippen LogP contribution < -0.4 is 60.8 Å². The first-order valence-electron chi connectivity index (χ1n) is 35.8. The predicted molar refractivity (Wildman–Crippen MR) is 442 cm³/mol. The molecule has 0 saturated heterocycles. The molecule has 0 radical (unpaired) electrons. The van der Waals surface area contributed by atoms with Gasteiger partial charge in [-0.15, -0.1) is 0 Å². The summed E-state index contributed by atoms with van der Waals surface area (Å²) in [5.74, 6) is 2.76. The zero-order chi connectivity index (χ0) is 80.6. The summed E-state index contributed by atoms with van der Waals surface area (Å²) in [6.07, 6.45) is 0. The van der Waals surface area contributed by atoms with Gasteiger partial charge in [0, 0.05) is 0 Å². The van der Waals surface area contributed by atoms with Crippen LogP contribution in [-0.4, -0.2) is 62.1 Å². The van der Waals surface area contributed by atoms with Crippen LogP contribution >= 0.6 is 0 Å². The molecule has 0 amide bonds. The minimum absolute atomic E-state index is 0.188. The van der Waals surface area contributed by atoms with Crippen molar-refractivity contribution in [3.8, 4) is 23.0 Å². The number of methoxy groups -OCH3 is 4. The Kier molecular flexibility index (Phi) is 30.5. The van der Waals surface area contributed by atoms with Crippen molar-refractivity contribution < 1.29 is 52.6 Å². The second kappa shape index (κ2) is 40.0. The van der Waals surface area contributed by atoms with Gasteiger partial charge in [0.15, 0.2) is 0 Å². The fourth-order valence-electron chi connectivity index (χ4n) is 11.9. The van der Waals surface area contributed by atoms with Crippen LogP contribution in [0.1, 0.15) is 115 Å². The Morgan fingerprint density at radius 3 is 0.545 bits per heavy atom. The lowest BCUT2D eigenvalue weighted by atomic mass is 9.95. The lowest BCUT2D eigenvalue weighted by Crippen LogP contribution is -2.36. The molecular weight excluding hydrogens is 1490 g/mol. The summed E-state index contributed by atoms with van der Waals surface area (Å²) in [5.41, 5.74) is 36.4. The Hall–Kier alpha value is -10.7. The lowest BCUT2D eigenvalue weighted by Gasteiger charge is -2.26. The summed E-state index contributed by atoms with van der Waals surface area (Å²) >= 11 is 0. The van der Waals surface area contributed by atoms with Crippen LogP contribution in [0.2, 0.25) is 0 Å². The molecule has 0 unspecified atom stereocenters. The Bertz CT molecular complexity index is 5030. The first-order chi connectivity index (χ1) is 53.6. The minimum atomic E-state index is -3.79. The molecule has 12 aromatic carbocycles. The van der Waals surface area contributed by atoms with Crippen molar-refractivity contribution in [2.75, 3.05) is 28.4 Å². The molecule has 20 nitrogen and oxygen atoms in total. The third-order valence-electron chi connectivity index (χ3n) is 18.5. The zero-order valence-corrected chi connectivity index (χ0v) is 66.7. The molecule has 12 rings (SSSR count). The van der Waals surface area contributed by atoms with E-state index in [1.165, 1.54) is 0 Å². The van der Waals surface area contributed by atoms with E-state index >= 15 is 0 Å². The third-order valence-corrected chi connectivity index (χ3v) is 24.4. The fourth-order valence-corrected chi connectivity index (χ4v) is 16.9. The number of sulfonamides is 4. The Labute approximate surface area is 659 Å². The van der Waals surface area contributed by atoms with Gasteiger partial charge in [0.25, 0.3) is 0 Å². The Balaban J connectivity index is 0.000000172. The van der Waals surface area contributed by atoms with Crippen molar-refractivity contribution in [3.05, 3.63) is 382 Å². The SMILES string of the molecule is COc1ccc([C@@H](N)[C@H](NS(=O)(=O)c2ccc(C)cc2)c2ccc(OC)cc2)cc1.COc1ccc([C@H](N)[C@@H](NS(=O)(=O)c2ccc(C)cc2)c2ccc(OC)cc2)cc1.Cc1ccc(S(=O)(=O)N[C@@H](c2ccccc2)[C@@H](N)c2ccccc2)cc1.Cc1ccc(S(=O)(=O)N[C@H](c2ccccc2)[C@H](N)c2ccccc2)cc1. The van der Waals surface area contributed by atoms with Gasteiger partial charge in [-0.1, -0.05) is 241 Å². The van der Waals surface area contributed by atoms with Gasteiger partial charge < -0.3 is 41.9 Å². The van der Waals surface area contributed by atoms with E-state index < -0.39 is 88.4 Å². The highest BCUT2D eigenvalue weighted by molar-refractivity contribution is 7.90. The average molecular weight is 1590 g/mol. The van der Waals surface area contributed by atoms with E-state index in [2.05, 4.69) is 18.9 Å². The van der Waals surface area contributed by atoms with Crippen LogP contribution in [0.25, 0.3) is 0 Å². The summed E-state index contributed by atoms with van der Waals surface area (Å²) in [5, 5.41) is 0. The number of rotatable bonds is 28. The standard InChI is InChI=1S/2C23H26N2O4S.2C21H22N2O2S/c2*1-16-4-14-21(15-5-16)30(26,27)25-23(18-8-12-20(29-3)13-9-18)22(24)17-6-10-19(28-2)11-7-17;2*1-16-12-14-19(15-13-16)26(24,25)23-21(18-10-6-3-7-11-18)20(22)17-8-4-2-5-9-17/h2*4-15,22-23,25H,24H2,1-3H3;2*2-15,20-21,23H,22H2,1H3/t2*22-,23-;2*20-,21-/m1010/s1. The van der Waals surface area contributed by atoms with Gasteiger partial charge >= 0.3 is 0 Å². The van der Waals surface area contributed by atoms with E-state index in [-0.39, 0.29) is 19.6 Å². The number of hydrogen-bond acceptors (Lipinski definition) is 16. The van der Waals surface area contributed by atoms with E-state index in [4.69, 9.17) is 41.9 Å². The van der Waals surface area contributed by atoms with Crippen molar-refractivity contribution in [1.82, 2.24) is 18.9 Å². The number of benzene rings is 12. The van der Waals surface area contributed by atoms with Crippen LogP contribution in [0.15, 0.2) is 335 Å². The Morgan fingerprint density at radius 1 is 0.214 bits per heavy atom. The summed E-state index contributed by atoms with van der Waals surface area (Å²) < 4.78 is 136. The molecule has 0 heterocycles. The molecule has 0 aliphatic heterocycles. The third kappa shape index (κ3) is 23.7. The lowest BCUT2D eigenvalue weighted by molar-refractivity contribution is 0.413. The molecule has 0 spiro atoms. The van der Waals surface area contributed by atoms with Crippen LogP contribution in [0.4, 0.5) is 0 Å². The van der Waals surface area contributed by atoms with Crippen molar-refractivity contribution >= 4 is 40.1 Å². The molecule has 0 saturated carbocycles. The predicted octanol–water partition coefficient (Wildman–Crippen LogP) is 14.9. The highest BCUT2D eigenvalue weighted by Crippen LogP contribution is 2.35. The number of hydrogen-bond donors (Lipinski definition) is 8. The molecule has 0 fully saturated rings. The molecule has 0 aromatic heterocycles. The maximum absolute atomic E-state index is 13.1. The number of ether oxygens (including phenoxy) is 4. The summed E-state index contributed by atoms with van der Waals surface area (Å²) in [6, 6.07) is 88.9. The van der Waals surface area contributed by atoms with E-state index in [1.54, 1.807) is 174 Å². The molecule has 12 aromatic rings. The molecule has 24 heteroatoms. The van der Waals surface area contributed by atoms with Crippen LogP contribution in [-0.2, 0) is 40.1 Å². The smallest absolute Gasteiger partial charge is 0.241 e. The van der Waals surface area contributed by atoms with Crippen LogP contribution in [0, 0.1) is 27.7 Å². The molecule has 112 heavy (non-hydrogen) atoms. The molecule has 0 aliphatic rings. The largest absolute Gasteiger partial charge is 0.497 e. The van der Waals surface area contributed by atoms with E-state index in [1.807, 2.05) is 198 Å². The van der Waals surface area contributed by atoms with Crippen molar-refractivity contribution in [1.29, 1.82) is 0 Å². The summed E-state index contributed by atoms with van der Waals surface area (Å²) in [6.45, 7) is 7.65. The minimum Gasteiger partial charge on any atom is -0.497 e. The maximum Gasteiger partial charge on any atom is 0.241 e. The number of aryl methyl sites for hydroxylation is 4. The van der Waals surface area contributed by atoms with Gasteiger partial charge in [-0.05, 0) is 169 Å². The normalized spacial score (nSPS) is 13.7. The average Bonchev–Trinajstić information content (AvgIpc) is 0.812. The van der Waals surface area contributed by atoms with Crippen molar-refractivity contribution in [2.24, 2.45) is 22.9 Å². The highest BCUT2D eigenvalue weighted by Gasteiger charge is 2.32. The molecule has 12 N–H and O–H groups in total. The molecule has 0 bridgehead atoms. The van der Waals surface area contributed by atoms with Gasteiger partial charge in [0.05, 0.1) is 96.4 Å². The van der Waals surface area contributed by atoms with Gasteiger partial charge in [-0.25, -0.2) is 52.6 Å². The van der Waals surface area contributed by atoms with Crippen molar-refractivity contribution in [2.45, 2.75) is 95.6 Å². The fraction of sp³-hybridized carbons (Fsp3) is 0.182. The van der Waals surface area contributed by atoms with Crippen LogP contribution in [0.5, 0.6) is 23.0 Å². The quantitative estimate of drug-likeness (QED) is 0.0226. The molecular formula is C88H96N8O12S4. The summed E-state index contributed by atoms with van der Waals surface area (Å²) in [4.78, 5) is 0.829. The number of nitrogens with one attached hydrogen (secondary N) is 4. The first kappa shape index (κ1) is 85.3. The van der Waals surface area contributed by atoms with Crippen LogP contribution in [0.3, 0.4) is 0 Å². The van der Waals surface area contributed by atoms with Gasteiger partial charge in [-0.3, -0.25) is 0 Å². The van der Waals surface area contributed by atoms with Gasteiger partial charge in [0.1, 0.15) is 23.0 Å². The second-order valence-electron chi connectivity index (χ2n) is 26.5. The highest BCUT2D eigenvalue weighted by atomic mass is 32.2.